The molecule has 1 fully saturated rings. The van der Waals surface area contributed by atoms with Gasteiger partial charge in [0.15, 0.2) is 14.6 Å². The summed E-state index contributed by atoms with van der Waals surface area (Å²) < 4.78 is 26.1. The lowest BCUT2D eigenvalue weighted by molar-refractivity contribution is 0.568. The fourth-order valence-electron chi connectivity index (χ4n) is 2.46. The quantitative estimate of drug-likeness (QED) is 0.851. The summed E-state index contributed by atoms with van der Waals surface area (Å²) >= 11 is 5.25. The first-order valence-corrected chi connectivity index (χ1v) is 7.94. The molecule has 2 aromatic rings. The van der Waals surface area contributed by atoms with Crippen molar-refractivity contribution in [1.29, 1.82) is 0 Å². The van der Waals surface area contributed by atoms with Crippen LogP contribution < -0.4 is 0 Å². The standard InChI is InChI=1S/C11H13N3O2S2/c15-18(16)5-1-2-8(18)7-14-10-3-4-12-6-9(10)13-11(14)17/h3-4,6,8H,1-2,5,7H2,(H,13,17). The summed E-state index contributed by atoms with van der Waals surface area (Å²) in [5.74, 6) is 0.300. The number of nitrogens with zero attached hydrogens (tertiary/aromatic N) is 2. The van der Waals surface area contributed by atoms with Crippen molar-refractivity contribution in [2.45, 2.75) is 24.6 Å². The topological polar surface area (TPSA) is 67.8 Å². The molecule has 96 valence electrons. The maximum absolute atomic E-state index is 11.9. The molecular formula is C11H13N3O2S2. The highest BCUT2D eigenvalue weighted by Gasteiger charge is 2.31. The van der Waals surface area contributed by atoms with E-state index in [1.165, 1.54) is 0 Å². The highest BCUT2D eigenvalue weighted by Crippen LogP contribution is 2.23. The number of hydrogen-bond donors (Lipinski definition) is 1. The highest BCUT2D eigenvalue weighted by molar-refractivity contribution is 7.92. The molecule has 0 saturated carbocycles. The first kappa shape index (κ1) is 11.9. The van der Waals surface area contributed by atoms with Gasteiger partial charge in [-0.3, -0.25) is 4.98 Å². The second-order valence-electron chi connectivity index (χ2n) is 4.56. The van der Waals surface area contributed by atoms with Crippen molar-refractivity contribution in [2.75, 3.05) is 5.75 Å². The molecule has 1 atom stereocenters. The van der Waals surface area contributed by atoms with Crippen LogP contribution in [0.15, 0.2) is 18.5 Å². The van der Waals surface area contributed by atoms with Crippen LogP contribution in [0, 0.1) is 4.77 Å². The average molecular weight is 283 g/mol. The lowest BCUT2D eigenvalue weighted by atomic mass is 10.2. The molecule has 1 aliphatic heterocycles. The molecule has 0 bridgehead atoms. The predicted molar refractivity (Wildman–Crippen MR) is 71.7 cm³/mol. The van der Waals surface area contributed by atoms with E-state index in [-0.39, 0.29) is 5.25 Å². The molecule has 7 heteroatoms. The average Bonchev–Trinajstić information content (AvgIpc) is 2.81. The number of nitrogens with one attached hydrogen (secondary N) is 1. The third kappa shape index (κ3) is 1.87. The monoisotopic (exact) mass is 283 g/mol. The van der Waals surface area contributed by atoms with Crippen LogP contribution in [0.5, 0.6) is 0 Å². The molecule has 0 amide bonds. The summed E-state index contributed by atoms with van der Waals surface area (Å²) in [6, 6.07) is 1.85. The molecule has 0 aromatic carbocycles. The van der Waals surface area contributed by atoms with Crippen LogP contribution >= 0.6 is 12.2 Å². The van der Waals surface area contributed by atoms with Gasteiger partial charge in [-0.2, -0.15) is 0 Å². The molecular weight excluding hydrogens is 270 g/mol. The number of aromatic amines is 1. The molecule has 18 heavy (non-hydrogen) atoms. The smallest absolute Gasteiger partial charge is 0.178 e. The van der Waals surface area contributed by atoms with E-state index >= 15 is 0 Å². The zero-order chi connectivity index (χ0) is 12.8. The summed E-state index contributed by atoms with van der Waals surface area (Å²) in [5.41, 5.74) is 1.76. The van der Waals surface area contributed by atoms with Crippen LogP contribution in [0.25, 0.3) is 11.0 Å². The van der Waals surface area contributed by atoms with E-state index in [1.807, 2.05) is 10.6 Å². The number of fused-ring (bicyclic) bond motifs is 1. The lowest BCUT2D eigenvalue weighted by Gasteiger charge is -2.10. The molecule has 3 heterocycles. The number of aromatic nitrogens is 3. The van der Waals surface area contributed by atoms with Gasteiger partial charge < -0.3 is 9.55 Å². The van der Waals surface area contributed by atoms with Crippen molar-refractivity contribution in [2.24, 2.45) is 0 Å². The molecule has 1 N–H and O–H groups in total. The van der Waals surface area contributed by atoms with Crippen molar-refractivity contribution in [1.82, 2.24) is 14.5 Å². The number of rotatable bonds is 2. The van der Waals surface area contributed by atoms with E-state index in [2.05, 4.69) is 9.97 Å². The first-order chi connectivity index (χ1) is 8.58. The van der Waals surface area contributed by atoms with E-state index in [9.17, 15) is 8.42 Å². The van der Waals surface area contributed by atoms with Gasteiger partial charge >= 0.3 is 0 Å². The Kier molecular flexibility index (Phi) is 2.74. The lowest BCUT2D eigenvalue weighted by Crippen LogP contribution is -2.22. The Morgan fingerprint density at radius 1 is 1.56 bits per heavy atom. The molecule has 1 saturated heterocycles. The molecule has 1 aliphatic rings. The SMILES string of the molecule is O=S1(=O)CCCC1Cn1c(=S)[nH]c2cnccc21. The fraction of sp³-hybridized carbons (Fsp3) is 0.455. The van der Waals surface area contributed by atoms with Crippen molar-refractivity contribution in [3.63, 3.8) is 0 Å². The fourth-order valence-corrected chi connectivity index (χ4v) is 4.55. The maximum Gasteiger partial charge on any atom is 0.178 e. The van der Waals surface area contributed by atoms with Gasteiger partial charge in [-0.05, 0) is 31.1 Å². The Morgan fingerprint density at radius 2 is 2.39 bits per heavy atom. The molecule has 0 spiro atoms. The van der Waals surface area contributed by atoms with Crippen molar-refractivity contribution < 1.29 is 8.42 Å². The van der Waals surface area contributed by atoms with Crippen LogP contribution in [-0.2, 0) is 16.4 Å². The van der Waals surface area contributed by atoms with Crippen molar-refractivity contribution in [3.05, 3.63) is 23.2 Å². The number of pyridine rings is 1. The minimum atomic E-state index is -2.95. The summed E-state index contributed by atoms with van der Waals surface area (Å²) in [4.78, 5) is 7.07. The van der Waals surface area contributed by atoms with Gasteiger partial charge in [0.25, 0.3) is 0 Å². The first-order valence-electron chi connectivity index (χ1n) is 5.82. The van der Waals surface area contributed by atoms with Crippen LogP contribution in [-0.4, -0.2) is 34.0 Å². The minimum absolute atomic E-state index is 0.300. The maximum atomic E-state index is 11.9. The molecule has 2 aromatic heterocycles. The Morgan fingerprint density at radius 3 is 3.11 bits per heavy atom. The van der Waals surface area contributed by atoms with Crippen molar-refractivity contribution >= 4 is 33.1 Å². The normalized spacial score (nSPS) is 22.6. The van der Waals surface area contributed by atoms with Crippen molar-refractivity contribution in [3.8, 4) is 0 Å². The van der Waals surface area contributed by atoms with Gasteiger partial charge in [-0.25, -0.2) is 8.42 Å². The largest absolute Gasteiger partial charge is 0.329 e. The minimum Gasteiger partial charge on any atom is -0.329 e. The van der Waals surface area contributed by atoms with Crippen LogP contribution in [0.1, 0.15) is 12.8 Å². The van der Waals surface area contributed by atoms with E-state index < -0.39 is 9.84 Å². The number of imidazole rings is 1. The Hall–Kier alpha value is -1.21. The number of hydrogen-bond acceptors (Lipinski definition) is 4. The Bertz CT molecular complexity index is 745. The Labute approximate surface area is 110 Å². The van der Waals surface area contributed by atoms with Gasteiger partial charge in [0.1, 0.15) is 0 Å². The number of H-pyrrole nitrogens is 1. The van der Waals surface area contributed by atoms with Gasteiger partial charge in [-0.15, -0.1) is 0 Å². The molecule has 0 aliphatic carbocycles. The highest BCUT2D eigenvalue weighted by atomic mass is 32.2. The summed E-state index contributed by atoms with van der Waals surface area (Å²) in [6.07, 6.45) is 4.86. The second kappa shape index (κ2) is 4.17. The second-order valence-corrected chi connectivity index (χ2v) is 7.35. The van der Waals surface area contributed by atoms with Gasteiger partial charge in [0, 0.05) is 12.7 Å². The summed E-state index contributed by atoms with van der Waals surface area (Å²) in [7, 11) is -2.95. The molecule has 5 nitrogen and oxygen atoms in total. The summed E-state index contributed by atoms with van der Waals surface area (Å²) in [6.45, 7) is 0.436. The predicted octanol–water partition coefficient (Wildman–Crippen LogP) is 1.67. The van der Waals surface area contributed by atoms with E-state index in [0.29, 0.717) is 17.1 Å². The molecule has 1 unspecified atom stereocenters. The summed E-state index contributed by atoms with van der Waals surface area (Å²) in [5, 5.41) is -0.309. The van der Waals surface area contributed by atoms with Crippen LogP contribution in [0.2, 0.25) is 0 Å². The Balaban J connectivity index is 2.05. The van der Waals surface area contributed by atoms with Crippen LogP contribution in [0.3, 0.4) is 0 Å². The zero-order valence-electron chi connectivity index (χ0n) is 9.67. The molecule has 0 radical (unpaired) electrons. The van der Waals surface area contributed by atoms with E-state index in [0.717, 1.165) is 23.9 Å². The van der Waals surface area contributed by atoms with Gasteiger partial charge in [-0.1, -0.05) is 0 Å². The third-order valence-electron chi connectivity index (χ3n) is 3.42. The van der Waals surface area contributed by atoms with E-state index in [4.69, 9.17) is 12.2 Å². The number of sulfone groups is 1. The van der Waals surface area contributed by atoms with E-state index in [1.54, 1.807) is 12.4 Å². The zero-order valence-corrected chi connectivity index (χ0v) is 11.3. The van der Waals surface area contributed by atoms with Gasteiger partial charge in [0.2, 0.25) is 0 Å². The molecule has 3 rings (SSSR count). The third-order valence-corrected chi connectivity index (χ3v) is 6.01. The van der Waals surface area contributed by atoms with Crippen LogP contribution in [0.4, 0.5) is 0 Å². The van der Waals surface area contributed by atoms with Gasteiger partial charge in [0.05, 0.1) is 28.2 Å².